The van der Waals surface area contributed by atoms with Gasteiger partial charge in [0.2, 0.25) is 0 Å². The second-order valence-corrected chi connectivity index (χ2v) is 4.65. The minimum absolute atomic E-state index is 0.540. The van der Waals surface area contributed by atoms with Gasteiger partial charge in [0.1, 0.15) is 11.8 Å². The number of nitriles is 1. The first-order valence-electron chi connectivity index (χ1n) is 6.69. The third kappa shape index (κ3) is 2.86. The van der Waals surface area contributed by atoms with Crippen LogP contribution in [0.15, 0.2) is 36.5 Å². The number of benzene rings is 1. The zero-order valence-corrected chi connectivity index (χ0v) is 11.3. The summed E-state index contributed by atoms with van der Waals surface area (Å²) in [7, 11) is 0. The smallest absolute Gasteiger partial charge is 0.127 e. The van der Waals surface area contributed by atoms with E-state index in [0.29, 0.717) is 6.54 Å². The fraction of sp³-hybridized carbons (Fsp3) is 0.312. The van der Waals surface area contributed by atoms with E-state index in [4.69, 9.17) is 5.73 Å². The van der Waals surface area contributed by atoms with Gasteiger partial charge in [-0.3, -0.25) is 0 Å². The molecule has 2 N–H and O–H groups in total. The van der Waals surface area contributed by atoms with Gasteiger partial charge in [-0.05, 0) is 42.2 Å². The van der Waals surface area contributed by atoms with Gasteiger partial charge >= 0.3 is 0 Å². The van der Waals surface area contributed by atoms with Crippen molar-refractivity contribution in [2.45, 2.75) is 32.7 Å². The topological polar surface area (TPSA) is 54.7 Å². The van der Waals surface area contributed by atoms with Gasteiger partial charge in [0.05, 0.1) is 0 Å². The SMILES string of the molecule is CCCCc1ccn(-c2ccc(CN)cc2)c1C#N. The molecule has 19 heavy (non-hydrogen) atoms. The lowest BCUT2D eigenvalue weighted by Crippen LogP contribution is -2.00. The Morgan fingerprint density at radius 3 is 2.53 bits per heavy atom. The Balaban J connectivity index is 2.33. The number of nitrogens with two attached hydrogens (primary N) is 1. The monoisotopic (exact) mass is 253 g/mol. The predicted molar refractivity (Wildman–Crippen MR) is 77.0 cm³/mol. The van der Waals surface area contributed by atoms with Gasteiger partial charge in [-0.2, -0.15) is 5.26 Å². The number of aryl methyl sites for hydroxylation is 1. The van der Waals surface area contributed by atoms with E-state index in [-0.39, 0.29) is 0 Å². The quantitative estimate of drug-likeness (QED) is 0.890. The van der Waals surface area contributed by atoms with E-state index in [2.05, 4.69) is 13.0 Å². The summed E-state index contributed by atoms with van der Waals surface area (Å²) >= 11 is 0. The second-order valence-electron chi connectivity index (χ2n) is 4.65. The van der Waals surface area contributed by atoms with Crippen LogP contribution >= 0.6 is 0 Å². The van der Waals surface area contributed by atoms with Crippen LogP contribution in [0, 0.1) is 11.3 Å². The molecule has 0 aliphatic carbocycles. The van der Waals surface area contributed by atoms with E-state index in [0.717, 1.165) is 41.8 Å². The minimum atomic E-state index is 0.540. The molecule has 1 aromatic heterocycles. The minimum Gasteiger partial charge on any atom is -0.326 e. The van der Waals surface area contributed by atoms with Gasteiger partial charge in [0.15, 0.2) is 0 Å². The number of aromatic nitrogens is 1. The molecule has 0 amide bonds. The maximum absolute atomic E-state index is 9.36. The van der Waals surface area contributed by atoms with Crippen molar-refractivity contribution in [2.75, 3.05) is 0 Å². The van der Waals surface area contributed by atoms with Crippen molar-refractivity contribution in [1.82, 2.24) is 4.57 Å². The van der Waals surface area contributed by atoms with Crippen LogP contribution in [0.2, 0.25) is 0 Å². The van der Waals surface area contributed by atoms with Gasteiger partial charge < -0.3 is 10.3 Å². The van der Waals surface area contributed by atoms with Crippen molar-refractivity contribution in [2.24, 2.45) is 5.73 Å². The maximum Gasteiger partial charge on any atom is 0.127 e. The lowest BCUT2D eigenvalue weighted by Gasteiger charge is -2.06. The largest absolute Gasteiger partial charge is 0.326 e. The molecule has 0 saturated carbocycles. The number of unbranched alkanes of at least 4 members (excludes halogenated alkanes) is 1. The van der Waals surface area contributed by atoms with Crippen LogP contribution in [0.4, 0.5) is 0 Å². The van der Waals surface area contributed by atoms with Crippen molar-refractivity contribution in [3.8, 4) is 11.8 Å². The third-order valence-corrected chi connectivity index (χ3v) is 3.33. The first kappa shape index (κ1) is 13.4. The first-order chi connectivity index (χ1) is 9.30. The molecule has 3 nitrogen and oxygen atoms in total. The van der Waals surface area contributed by atoms with Crippen LogP contribution in [0.5, 0.6) is 0 Å². The molecular weight excluding hydrogens is 234 g/mol. The molecule has 0 spiro atoms. The van der Waals surface area contributed by atoms with Gasteiger partial charge in [0, 0.05) is 18.4 Å². The van der Waals surface area contributed by atoms with Gasteiger partial charge in [-0.1, -0.05) is 25.5 Å². The van der Waals surface area contributed by atoms with Crippen LogP contribution in [-0.4, -0.2) is 4.57 Å². The Labute approximate surface area is 114 Å². The zero-order valence-electron chi connectivity index (χ0n) is 11.3. The molecule has 0 saturated heterocycles. The summed E-state index contributed by atoms with van der Waals surface area (Å²) in [5, 5.41) is 9.36. The van der Waals surface area contributed by atoms with Crippen LogP contribution < -0.4 is 5.73 Å². The highest BCUT2D eigenvalue weighted by Crippen LogP contribution is 2.19. The average Bonchev–Trinajstić information content (AvgIpc) is 2.88. The average molecular weight is 253 g/mol. The van der Waals surface area contributed by atoms with Crippen LogP contribution in [-0.2, 0) is 13.0 Å². The highest BCUT2D eigenvalue weighted by atomic mass is 15.0. The standard InChI is InChI=1S/C16H19N3/c1-2-3-4-14-9-10-19(16(14)12-18)15-7-5-13(11-17)6-8-15/h5-10H,2-4,11,17H2,1H3. The molecule has 98 valence electrons. The Morgan fingerprint density at radius 1 is 1.21 bits per heavy atom. The van der Waals surface area contributed by atoms with E-state index in [1.54, 1.807) is 0 Å². The number of hydrogen-bond donors (Lipinski definition) is 1. The molecule has 0 fully saturated rings. The Bertz CT molecular complexity index is 573. The van der Waals surface area contributed by atoms with Crippen LogP contribution in [0.25, 0.3) is 5.69 Å². The summed E-state index contributed by atoms with van der Waals surface area (Å²) in [6.07, 6.45) is 5.19. The van der Waals surface area contributed by atoms with Crippen molar-refractivity contribution < 1.29 is 0 Å². The number of rotatable bonds is 5. The van der Waals surface area contributed by atoms with Crippen molar-refractivity contribution >= 4 is 0 Å². The molecule has 0 aliphatic rings. The van der Waals surface area contributed by atoms with E-state index in [1.165, 1.54) is 0 Å². The van der Waals surface area contributed by atoms with Crippen molar-refractivity contribution in [3.63, 3.8) is 0 Å². The molecule has 0 unspecified atom stereocenters. The van der Waals surface area contributed by atoms with Gasteiger partial charge in [-0.15, -0.1) is 0 Å². The molecule has 0 radical (unpaired) electrons. The summed E-state index contributed by atoms with van der Waals surface area (Å²) < 4.78 is 1.95. The summed E-state index contributed by atoms with van der Waals surface area (Å²) in [5.41, 5.74) is 9.58. The normalized spacial score (nSPS) is 10.4. The maximum atomic E-state index is 9.36. The first-order valence-corrected chi connectivity index (χ1v) is 6.69. The molecule has 2 aromatic rings. The highest BCUT2D eigenvalue weighted by molar-refractivity contribution is 5.44. The Kier molecular flexibility index (Phi) is 4.38. The van der Waals surface area contributed by atoms with E-state index in [1.807, 2.05) is 41.1 Å². The fourth-order valence-corrected chi connectivity index (χ4v) is 2.18. The summed E-state index contributed by atoms with van der Waals surface area (Å²) in [6, 6.07) is 12.4. The third-order valence-electron chi connectivity index (χ3n) is 3.33. The molecule has 0 aliphatic heterocycles. The predicted octanol–water partition coefficient (Wildman–Crippen LogP) is 3.15. The summed E-state index contributed by atoms with van der Waals surface area (Å²) in [6.45, 7) is 2.70. The Hall–Kier alpha value is -2.05. The molecule has 0 atom stereocenters. The fourth-order valence-electron chi connectivity index (χ4n) is 2.18. The molecule has 1 heterocycles. The van der Waals surface area contributed by atoms with Gasteiger partial charge in [0.25, 0.3) is 0 Å². The van der Waals surface area contributed by atoms with Crippen molar-refractivity contribution in [1.29, 1.82) is 5.26 Å². The van der Waals surface area contributed by atoms with Crippen LogP contribution in [0.3, 0.4) is 0 Å². The lowest BCUT2D eigenvalue weighted by molar-refractivity contribution is 0.792. The lowest BCUT2D eigenvalue weighted by atomic mass is 10.1. The molecular formula is C16H19N3. The molecule has 2 rings (SSSR count). The van der Waals surface area contributed by atoms with E-state index < -0.39 is 0 Å². The van der Waals surface area contributed by atoms with Crippen molar-refractivity contribution in [3.05, 3.63) is 53.3 Å². The van der Waals surface area contributed by atoms with E-state index >= 15 is 0 Å². The zero-order chi connectivity index (χ0) is 13.7. The van der Waals surface area contributed by atoms with Crippen LogP contribution in [0.1, 0.15) is 36.6 Å². The number of hydrogen-bond acceptors (Lipinski definition) is 2. The summed E-state index contributed by atoms with van der Waals surface area (Å²) in [4.78, 5) is 0. The summed E-state index contributed by atoms with van der Waals surface area (Å²) in [5.74, 6) is 0. The Morgan fingerprint density at radius 2 is 1.95 bits per heavy atom. The molecule has 3 heteroatoms. The van der Waals surface area contributed by atoms with Gasteiger partial charge in [-0.25, -0.2) is 0 Å². The highest BCUT2D eigenvalue weighted by Gasteiger charge is 2.09. The molecule has 1 aromatic carbocycles. The number of nitrogens with zero attached hydrogens (tertiary/aromatic N) is 2. The molecule has 0 bridgehead atoms. The van der Waals surface area contributed by atoms with E-state index in [9.17, 15) is 5.26 Å². The second kappa shape index (κ2) is 6.21.